The van der Waals surface area contributed by atoms with Gasteiger partial charge in [0.1, 0.15) is 11.0 Å². The molecule has 0 aliphatic carbocycles. The first kappa shape index (κ1) is 26.0. The number of hydrogen-bond acceptors (Lipinski definition) is 4. The molecule has 0 saturated carbocycles. The van der Waals surface area contributed by atoms with E-state index in [9.17, 15) is 35.9 Å². The highest BCUT2D eigenvalue weighted by Crippen LogP contribution is 2.39. The molecule has 2 aromatic carbocycles. The third-order valence-corrected chi connectivity index (χ3v) is 6.23. The van der Waals surface area contributed by atoms with E-state index in [1.165, 1.54) is 6.07 Å². The Morgan fingerprint density at radius 2 is 1.77 bits per heavy atom. The van der Waals surface area contributed by atoms with Gasteiger partial charge >= 0.3 is 12.4 Å². The second kappa shape index (κ2) is 8.98. The van der Waals surface area contributed by atoms with Crippen LogP contribution in [0.5, 0.6) is 0 Å². The number of alkyl halides is 6. The highest BCUT2D eigenvalue weighted by molar-refractivity contribution is 6.14. The number of benzene rings is 2. The number of rotatable bonds is 4. The molecule has 0 spiro atoms. The number of nitrogens with zero attached hydrogens (tertiary/aromatic N) is 3. The summed E-state index contributed by atoms with van der Waals surface area (Å²) in [6.45, 7) is 3.65. The van der Waals surface area contributed by atoms with Crippen molar-refractivity contribution in [2.75, 3.05) is 5.32 Å². The molecule has 0 unspecified atom stereocenters. The Hall–Kier alpha value is -4.64. The number of H-pyrrole nitrogens is 1. The van der Waals surface area contributed by atoms with Crippen LogP contribution < -0.4 is 10.7 Å². The highest BCUT2D eigenvalue weighted by Gasteiger charge is 2.41. The number of nitrogens with one attached hydrogen (secondary N) is 2. The minimum Gasteiger partial charge on any atom is -0.345 e. The van der Waals surface area contributed by atoms with Gasteiger partial charge < -0.3 is 10.3 Å². The summed E-state index contributed by atoms with van der Waals surface area (Å²) in [7, 11) is 0. The lowest BCUT2D eigenvalue weighted by Crippen LogP contribution is -2.21. The Labute approximate surface area is 215 Å². The number of carbonyl (C=O) groups is 1. The standard InChI is InChI=1S/C26H17F6N5O2/c1-12(2)16-9-19(15-5-3-4-14-18(11-38)36-22(16)21(14)15)37-23(26(30,31)32)17(10-34-37)24(39)35-13-6-7-33-20(8-13)25(27,28)29/h3-10,12,36H,1-2H3,(H,33,35,39). The third kappa shape index (κ3) is 4.40. The summed E-state index contributed by atoms with van der Waals surface area (Å²) in [6, 6.07) is 7.80. The Bertz CT molecular complexity index is 1830. The van der Waals surface area contributed by atoms with Gasteiger partial charge in [-0.1, -0.05) is 32.0 Å². The van der Waals surface area contributed by atoms with Gasteiger partial charge in [0, 0.05) is 28.0 Å². The molecular formula is C26H17F6N5O2. The normalized spacial score (nSPS) is 12.4. The van der Waals surface area contributed by atoms with Crippen molar-refractivity contribution in [3.8, 4) is 5.69 Å². The molecule has 3 heterocycles. The number of halogens is 6. The minimum atomic E-state index is -5.08. The second-order valence-electron chi connectivity index (χ2n) is 9.04. The van der Waals surface area contributed by atoms with Crippen LogP contribution in [0.3, 0.4) is 0 Å². The molecule has 0 atom stereocenters. The summed E-state index contributed by atoms with van der Waals surface area (Å²) in [4.78, 5) is 30.6. The molecule has 0 aliphatic heterocycles. The Morgan fingerprint density at radius 3 is 2.41 bits per heavy atom. The molecule has 39 heavy (non-hydrogen) atoms. The zero-order chi connectivity index (χ0) is 28.3. The first-order chi connectivity index (χ1) is 18.3. The Balaban J connectivity index is 1.71. The average Bonchev–Trinajstić information content (AvgIpc) is 3.47. The number of anilines is 1. The van der Waals surface area contributed by atoms with Crippen molar-refractivity contribution in [3.63, 3.8) is 0 Å². The van der Waals surface area contributed by atoms with E-state index in [0.29, 0.717) is 44.2 Å². The summed E-state index contributed by atoms with van der Waals surface area (Å²) in [5.41, 5.74) is -2.86. The maximum atomic E-state index is 14.4. The predicted molar refractivity (Wildman–Crippen MR) is 129 cm³/mol. The lowest BCUT2D eigenvalue weighted by atomic mass is 9.95. The molecule has 13 heteroatoms. The summed E-state index contributed by atoms with van der Waals surface area (Å²) in [6.07, 6.45) is -8.41. The molecule has 0 radical (unpaired) electrons. The molecule has 0 saturated heterocycles. The third-order valence-electron chi connectivity index (χ3n) is 6.23. The predicted octanol–water partition coefficient (Wildman–Crippen LogP) is 5.54. The van der Waals surface area contributed by atoms with Crippen LogP contribution in [0.4, 0.5) is 32.0 Å². The van der Waals surface area contributed by atoms with Crippen LogP contribution in [0.15, 0.2) is 48.8 Å². The zero-order valence-electron chi connectivity index (χ0n) is 20.1. The average molecular weight is 545 g/mol. The van der Waals surface area contributed by atoms with Crippen LogP contribution in [-0.4, -0.2) is 31.6 Å². The molecule has 0 fully saturated rings. The number of amides is 1. The van der Waals surface area contributed by atoms with Gasteiger partial charge in [-0.3, -0.25) is 9.78 Å². The topological polar surface area (TPSA) is 92.7 Å². The number of hydrogen-bond donors (Lipinski definition) is 2. The van der Waals surface area contributed by atoms with Gasteiger partial charge in [0.2, 0.25) is 0 Å². The van der Waals surface area contributed by atoms with Crippen LogP contribution in [0.25, 0.3) is 27.4 Å². The first-order valence-corrected chi connectivity index (χ1v) is 11.4. The molecule has 0 bridgehead atoms. The second-order valence-corrected chi connectivity index (χ2v) is 9.04. The fourth-order valence-electron chi connectivity index (χ4n) is 4.55. The minimum absolute atomic E-state index is 0.00268. The van der Waals surface area contributed by atoms with E-state index >= 15 is 0 Å². The van der Waals surface area contributed by atoms with E-state index < -0.39 is 40.9 Å². The summed E-state index contributed by atoms with van der Waals surface area (Å²) in [5.74, 6) is 0.320. The lowest BCUT2D eigenvalue weighted by Gasteiger charge is -2.17. The van der Waals surface area contributed by atoms with Crippen LogP contribution >= 0.6 is 0 Å². The van der Waals surface area contributed by atoms with Crippen LogP contribution in [0.2, 0.25) is 0 Å². The van der Waals surface area contributed by atoms with Gasteiger partial charge in [-0.2, -0.15) is 31.4 Å². The fourth-order valence-corrected chi connectivity index (χ4v) is 4.55. The zero-order valence-corrected chi connectivity index (χ0v) is 20.1. The van der Waals surface area contributed by atoms with Crippen molar-refractivity contribution in [3.05, 3.63) is 76.7 Å². The number of aromatic amines is 1. The quantitative estimate of drug-likeness (QED) is 0.290. The van der Waals surface area contributed by atoms with E-state index in [1.54, 1.807) is 18.2 Å². The molecule has 3 aromatic heterocycles. The van der Waals surface area contributed by atoms with E-state index in [0.717, 1.165) is 12.3 Å². The summed E-state index contributed by atoms with van der Waals surface area (Å²) < 4.78 is 82.9. The van der Waals surface area contributed by atoms with Crippen molar-refractivity contribution < 1.29 is 35.9 Å². The SMILES string of the molecule is CC(C)c1cc(-n2ncc(C(=O)Nc3ccnc(C(F)(F)F)c3)c2C(F)(F)F)c2cccc3c(=C=O)[nH]c1c23. The van der Waals surface area contributed by atoms with Crippen LogP contribution in [-0.2, 0) is 17.1 Å². The monoisotopic (exact) mass is 545 g/mol. The number of aromatic nitrogens is 4. The van der Waals surface area contributed by atoms with Gasteiger partial charge in [-0.25, -0.2) is 9.48 Å². The largest absolute Gasteiger partial charge is 0.434 e. The lowest BCUT2D eigenvalue weighted by molar-refractivity contribution is -0.143. The molecule has 5 rings (SSSR count). The van der Waals surface area contributed by atoms with Gasteiger partial charge in [0.15, 0.2) is 11.6 Å². The summed E-state index contributed by atoms with van der Waals surface area (Å²) in [5, 5.41) is 7.38. The molecular weight excluding hydrogens is 528 g/mol. The Morgan fingerprint density at radius 1 is 1.05 bits per heavy atom. The molecule has 2 N–H and O–H groups in total. The van der Waals surface area contributed by atoms with Crippen molar-refractivity contribution in [2.24, 2.45) is 0 Å². The smallest absolute Gasteiger partial charge is 0.345 e. The van der Waals surface area contributed by atoms with Crippen molar-refractivity contribution in [1.29, 1.82) is 0 Å². The van der Waals surface area contributed by atoms with Crippen LogP contribution in [0, 0.1) is 0 Å². The summed E-state index contributed by atoms with van der Waals surface area (Å²) >= 11 is 0. The molecule has 200 valence electrons. The number of carbonyl (C=O) groups excluding carboxylic acids is 2. The molecule has 5 aromatic rings. The molecule has 0 aliphatic rings. The van der Waals surface area contributed by atoms with Crippen molar-refractivity contribution in [1.82, 2.24) is 19.7 Å². The van der Waals surface area contributed by atoms with E-state index in [4.69, 9.17) is 0 Å². The van der Waals surface area contributed by atoms with Crippen LogP contribution in [0.1, 0.15) is 47.1 Å². The highest BCUT2D eigenvalue weighted by atomic mass is 19.4. The fraction of sp³-hybridized carbons (Fsp3) is 0.192. The van der Waals surface area contributed by atoms with E-state index in [-0.39, 0.29) is 17.0 Å². The van der Waals surface area contributed by atoms with E-state index in [1.807, 2.05) is 19.8 Å². The van der Waals surface area contributed by atoms with Gasteiger partial charge in [-0.15, -0.1) is 0 Å². The Kier molecular flexibility index (Phi) is 5.99. The first-order valence-electron chi connectivity index (χ1n) is 11.4. The maximum Gasteiger partial charge on any atom is 0.434 e. The van der Waals surface area contributed by atoms with Gasteiger partial charge in [-0.05, 0) is 29.7 Å². The number of pyridine rings is 1. The molecule has 1 amide bonds. The van der Waals surface area contributed by atoms with E-state index in [2.05, 4.69) is 20.4 Å². The maximum absolute atomic E-state index is 14.4. The van der Waals surface area contributed by atoms with Gasteiger partial charge in [0.25, 0.3) is 5.91 Å². The molecule has 7 nitrogen and oxygen atoms in total. The van der Waals surface area contributed by atoms with Crippen molar-refractivity contribution in [2.45, 2.75) is 32.1 Å². The van der Waals surface area contributed by atoms with Gasteiger partial charge in [0.05, 0.1) is 23.0 Å². The van der Waals surface area contributed by atoms with Crippen molar-refractivity contribution >= 4 is 39.2 Å².